The maximum atomic E-state index is 13.6. The molecule has 0 saturated heterocycles. The van der Waals surface area contributed by atoms with E-state index in [1.54, 1.807) is 0 Å². The van der Waals surface area contributed by atoms with Crippen molar-refractivity contribution in [3.05, 3.63) is 65.0 Å². The zero-order valence-electron chi connectivity index (χ0n) is 11.5. The van der Waals surface area contributed by atoms with Crippen LogP contribution >= 0.6 is 0 Å². The Hall–Kier alpha value is -1.97. The lowest BCUT2D eigenvalue weighted by atomic mass is 9.94. The molecular formula is C17H16F3N. The Labute approximate surface area is 121 Å². The van der Waals surface area contributed by atoms with Crippen molar-refractivity contribution in [3.63, 3.8) is 0 Å². The standard InChI is InChI=1S/C17H16F3N/c18-14-10-16(20)15(19)9-12(14)6-8-13-7-5-11-3-1-2-4-17(11)21-13/h1-4,9-10,13,21H,5-8H2. The van der Waals surface area contributed by atoms with Gasteiger partial charge in [0.2, 0.25) is 0 Å². The van der Waals surface area contributed by atoms with Gasteiger partial charge in [0.1, 0.15) is 5.82 Å². The van der Waals surface area contributed by atoms with Crippen LogP contribution in [0.2, 0.25) is 0 Å². The molecule has 0 bridgehead atoms. The number of rotatable bonds is 3. The molecule has 110 valence electrons. The summed E-state index contributed by atoms with van der Waals surface area (Å²) in [5.41, 5.74) is 2.63. The van der Waals surface area contributed by atoms with Gasteiger partial charge in [-0.1, -0.05) is 18.2 Å². The van der Waals surface area contributed by atoms with Crippen LogP contribution < -0.4 is 5.32 Å². The van der Waals surface area contributed by atoms with Crippen LogP contribution in [-0.4, -0.2) is 6.04 Å². The van der Waals surface area contributed by atoms with Crippen molar-refractivity contribution in [3.8, 4) is 0 Å². The van der Waals surface area contributed by atoms with Crippen LogP contribution in [0.15, 0.2) is 36.4 Å². The SMILES string of the molecule is Fc1cc(F)c(CCC2CCc3ccccc3N2)cc1F. The number of nitrogens with one attached hydrogen (secondary N) is 1. The van der Waals surface area contributed by atoms with Gasteiger partial charge in [0, 0.05) is 17.8 Å². The molecule has 0 aliphatic carbocycles. The van der Waals surface area contributed by atoms with E-state index >= 15 is 0 Å². The van der Waals surface area contributed by atoms with Crippen molar-refractivity contribution in [1.29, 1.82) is 0 Å². The van der Waals surface area contributed by atoms with Gasteiger partial charge in [-0.3, -0.25) is 0 Å². The predicted octanol–water partition coefficient (Wildman–Crippen LogP) is 4.46. The van der Waals surface area contributed by atoms with Gasteiger partial charge in [-0.25, -0.2) is 13.2 Å². The molecule has 1 nitrogen and oxygen atoms in total. The zero-order valence-corrected chi connectivity index (χ0v) is 11.5. The lowest BCUT2D eigenvalue weighted by Gasteiger charge is -2.27. The summed E-state index contributed by atoms with van der Waals surface area (Å²) >= 11 is 0. The smallest absolute Gasteiger partial charge is 0.161 e. The number of aryl methyl sites for hydroxylation is 2. The predicted molar refractivity (Wildman–Crippen MR) is 76.8 cm³/mol. The first-order valence-electron chi connectivity index (χ1n) is 7.11. The molecule has 1 atom stereocenters. The highest BCUT2D eigenvalue weighted by Gasteiger charge is 2.18. The van der Waals surface area contributed by atoms with Crippen LogP contribution in [0.1, 0.15) is 24.0 Å². The molecule has 1 heterocycles. The summed E-state index contributed by atoms with van der Waals surface area (Å²) in [6.45, 7) is 0. The summed E-state index contributed by atoms with van der Waals surface area (Å²) in [6, 6.07) is 9.91. The van der Waals surface area contributed by atoms with Crippen LogP contribution in [0.3, 0.4) is 0 Å². The molecule has 0 radical (unpaired) electrons. The monoisotopic (exact) mass is 291 g/mol. The molecule has 1 unspecified atom stereocenters. The molecular weight excluding hydrogens is 275 g/mol. The minimum absolute atomic E-state index is 0.229. The molecule has 0 amide bonds. The molecule has 3 rings (SSSR count). The highest BCUT2D eigenvalue weighted by Crippen LogP contribution is 2.26. The first-order chi connectivity index (χ1) is 10.1. The number of hydrogen-bond donors (Lipinski definition) is 1. The number of benzene rings is 2. The summed E-state index contributed by atoms with van der Waals surface area (Å²) in [5, 5.41) is 3.42. The van der Waals surface area contributed by atoms with Crippen LogP contribution in [0, 0.1) is 17.5 Å². The second-order valence-corrected chi connectivity index (χ2v) is 5.43. The summed E-state index contributed by atoms with van der Waals surface area (Å²) in [4.78, 5) is 0. The van der Waals surface area contributed by atoms with Crippen molar-refractivity contribution in [1.82, 2.24) is 0 Å². The number of fused-ring (bicyclic) bond motifs is 1. The Balaban J connectivity index is 1.66. The Morgan fingerprint density at radius 2 is 1.76 bits per heavy atom. The van der Waals surface area contributed by atoms with Crippen LogP contribution in [0.5, 0.6) is 0 Å². The molecule has 4 heteroatoms. The fourth-order valence-corrected chi connectivity index (χ4v) is 2.80. The molecule has 1 aliphatic rings. The minimum atomic E-state index is -1.14. The van der Waals surface area contributed by atoms with Gasteiger partial charge in [-0.05, 0) is 48.9 Å². The fraction of sp³-hybridized carbons (Fsp3) is 0.294. The van der Waals surface area contributed by atoms with Crippen molar-refractivity contribution in [2.45, 2.75) is 31.7 Å². The van der Waals surface area contributed by atoms with Crippen LogP contribution in [0.25, 0.3) is 0 Å². The molecule has 1 N–H and O–H groups in total. The maximum absolute atomic E-state index is 13.6. The largest absolute Gasteiger partial charge is 0.382 e. The van der Waals surface area contributed by atoms with Crippen molar-refractivity contribution < 1.29 is 13.2 Å². The van der Waals surface area contributed by atoms with Crippen LogP contribution in [0.4, 0.5) is 18.9 Å². The Kier molecular flexibility index (Phi) is 3.86. The Morgan fingerprint density at radius 3 is 2.62 bits per heavy atom. The van der Waals surface area contributed by atoms with E-state index in [0.717, 1.165) is 24.6 Å². The highest BCUT2D eigenvalue weighted by atomic mass is 19.2. The second kappa shape index (κ2) is 5.80. The molecule has 2 aromatic carbocycles. The van der Waals surface area contributed by atoms with E-state index in [-0.39, 0.29) is 11.6 Å². The van der Waals surface area contributed by atoms with Gasteiger partial charge in [-0.15, -0.1) is 0 Å². The van der Waals surface area contributed by atoms with E-state index in [9.17, 15) is 13.2 Å². The quantitative estimate of drug-likeness (QED) is 0.823. The van der Waals surface area contributed by atoms with E-state index in [2.05, 4.69) is 11.4 Å². The number of hydrogen-bond acceptors (Lipinski definition) is 1. The van der Waals surface area contributed by atoms with E-state index < -0.39 is 17.5 Å². The van der Waals surface area contributed by atoms with Gasteiger partial charge in [0.05, 0.1) is 0 Å². The topological polar surface area (TPSA) is 12.0 Å². The van der Waals surface area contributed by atoms with Gasteiger partial charge in [0.15, 0.2) is 11.6 Å². The number of para-hydroxylation sites is 1. The fourth-order valence-electron chi connectivity index (χ4n) is 2.80. The van der Waals surface area contributed by atoms with E-state index in [0.29, 0.717) is 18.9 Å². The third-order valence-electron chi connectivity index (χ3n) is 3.99. The first-order valence-corrected chi connectivity index (χ1v) is 7.11. The van der Waals surface area contributed by atoms with E-state index in [1.165, 1.54) is 5.56 Å². The first kappa shape index (κ1) is 14.0. The Morgan fingerprint density at radius 1 is 1.00 bits per heavy atom. The average Bonchev–Trinajstić information content (AvgIpc) is 2.49. The molecule has 0 aromatic heterocycles. The minimum Gasteiger partial charge on any atom is -0.382 e. The summed E-state index contributed by atoms with van der Waals surface area (Å²) in [7, 11) is 0. The molecule has 0 fully saturated rings. The molecule has 0 saturated carbocycles. The van der Waals surface area contributed by atoms with Gasteiger partial charge >= 0.3 is 0 Å². The highest BCUT2D eigenvalue weighted by molar-refractivity contribution is 5.53. The van der Waals surface area contributed by atoms with Crippen molar-refractivity contribution in [2.24, 2.45) is 0 Å². The molecule has 2 aromatic rings. The van der Waals surface area contributed by atoms with Crippen LogP contribution in [-0.2, 0) is 12.8 Å². The third kappa shape index (κ3) is 3.04. The maximum Gasteiger partial charge on any atom is 0.161 e. The van der Waals surface area contributed by atoms with Gasteiger partial charge < -0.3 is 5.32 Å². The number of anilines is 1. The van der Waals surface area contributed by atoms with Crippen molar-refractivity contribution in [2.75, 3.05) is 5.32 Å². The molecule has 21 heavy (non-hydrogen) atoms. The molecule has 0 spiro atoms. The lowest BCUT2D eigenvalue weighted by molar-refractivity contribution is 0.486. The van der Waals surface area contributed by atoms with Crippen molar-refractivity contribution >= 4 is 5.69 Å². The summed E-state index contributed by atoms with van der Waals surface area (Å²) < 4.78 is 39.7. The lowest BCUT2D eigenvalue weighted by Crippen LogP contribution is -2.26. The van der Waals surface area contributed by atoms with Gasteiger partial charge in [-0.2, -0.15) is 0 Å². The van der Waals surface area contributed by atoms with E-state index in [4.69, 9.17) is 0 Å². The summed E-state index contributed by atoms with van der Waals surface area (Å²) in [5.74, 6) is -2.81. The molecule has 1 aliphatic heterocycles. The Bertz CT molecular complexity index is 654. The second-order valence-electron chi connectivity index (χ2n) is 5.43. The average molecular weight is 291 g/mol. The van der Waals surface area contributed by atoms with Gasteiger partial charge in [0.25, 0.3) is 0 Å². The normalized spacial score (nSPS) is 17.2. The summed E-state index contributed by atoms with van der Waals surface area (Å²) in [6.07, 6.45) is 3.02. The third-order valence-corrected chi connectivity index (χ3v) is 3.99. The number of halogens is 3. The zero-order chi connectivity index (χ0) is 14.8. The van der Waals surface area contributed by atoms with E-state index in [1.807, 2.05) is 18.2 Å².